The zero-order valence-corrected chi connectivity index (χ0v) is 7.90. The van der Waals surface area contributed by atoms with E-state index in [0.717, 1.165) is 6.42 Å². The zero-order valence-electron chi connectivity index (χ0n) is 7.90. The third kappa shape index (κ3) is 6.05. The first kappa shape index (κ1) is 10.6. The van der Waals surface area contributed by atoms with Crippen molar-refractivity contribution in [3.8, 4) is 0 Å². The molecule has 0 saturated carbocycles. The Morgan fingerprint density at radius 1 is 1.45 bits per heavy atom. The summed E-state index contributed by atoms with van der Waals surface area (Å²) in [7, 11) is 0. The van der Waals surface area contributed by atoms with Crippen LogP contribution in [0.1, 0.15) is 40.5 Å². The van der Waals surface area contributed by atoms with E-state index in [9.17, 15) is 4.79 Å². The van der Waals surface area contributed by atoms with Crippen molar-refractivity contribution in [2.45, 2.75) is 52.1 Å². The largest absolute Gasteiger partial charge is 0.309 e. The van der Waals surface area contributed by atoms with Crippen LogP contribution >= 0.6 is 0 Å². The summed E-state index contributed by atoms with van der Waals surface area (Å²) in [4.78, 5) is 10.1. The van der Waals surface area contributed by atoms with Crippen LogP contribution in [0.5, 0.6) is 0 Å². The predicted molar refractivity (Wildman–Crippen MR) is 47.3 cm³/mol. The van der Waals surface area contributed by atoms with Crippen molar-refractivity contribution >= 4 is 6.29 Å². The highest BCUT2D eigenvalue weighted by Crippen LogP contribution is 2.05. The summed E-state index contributed by atoms with van der Waals surface area (Å²) in [5.74, 6) is 0. The van der Waals surface area contributed by atoms with E-state index >= 15 is 0 Å². The topological polar surface area (TPSA) is 29.1 Å². The van der Waals surface area contributed by atoms with E-state index in [1.165, 1.54) is 0 Å². The van der Waals surface area contributed by atoms with Crippen molar-refractivity contribution in [2.24, 2.45) is 0 Å². The molecule has 1 unspecified atom stereocenters. The summed E-state index contributed by atoms with van der Waals surface area (Å²) in [6.45, 7) is 8.36. The molecule has 0 aromatic rings. The monoisotopic (exact) mass is 156 g/mol. The van der Waals surface area contributed by atoms with Crippen LogP contribution in [0.3, 0.4) is 0 Å². The van der Waals surface area contributed by atoms with Gasteiger partial charge in [0.15, 0.2) is 6.29 Å². The van der Waals surface area contributed by atoms with Gasteiger partial charge in [0.1, 0.15) is 0 Å². The third-order valence-corrected chi connectivity index (χ3v) is 1.46. The summed E-state index contributed by atoms with van der Waals surface area (Å²) in [5.41, 5.74) is 0.0948. The molecule has 0 aliphatic carbocycles. The van der Waals surface area contributed by atoms with Gasteiger partial charge in [0.25, 0.3) is 0 Å². The Morgan fingerprint density at radius 2 is 2.00 bits per heavy atom. The fourth-order valence-electron chi connectivity index (χ4n) is 1.01. The molecule has 0 amide bonds. The lowest BCUT2D eigenvalue weighted by molar-refractivity contribution is 0.353. The molecular weight excluding hydrogens is 138 g/mol. The number of hydrogen-bond acceptors (Lipinski definition) is 2. The van der Waals surface area contributed by atoms with Gasteiger partial charge in [-0.05, 0) is 27.2 Å². The number of carbonyl (C=O) groups excluding carboxylic acids is 1. The summed E-state index contributed by atoms with van der Waals surface area (Å²) in [6, 6.07) is 0.285. The highest BCUT2D eigenvalue weighted by atomic mass is 16.1. The first-order valence-corrected chi connectivity index (χ1v) is 4.12. The van der Waals surface area contributed by atoms with Crippen molar-refractivity contribution < 1.29 is 4.79 Å². The predicted octanol–water partition coefficient (Wildman–Crippen LogP) is 1.65. The Kier molecular flexibility index (Phi) is 4.34. The number of hydrogen-bond donors (Lipinski definition) is 1. The molecule has 1 atom stereocenters. The fourth-order valence-corrected chi connectivity index (χ4v) is 1.01. The van der Waals surface area contributed by atoms with E-state index in [4.69, 9.17) is 0 Å². The Balaban J connectivity index is 3.77. The van der Waals surface area contributed by atoms with Crippen LogP contribution in [0.2, 0.25) is 0 Å². The van der Waals surface area contributed by atoms with E-state index in [2.05, 4.69) is 33.0 Å². The van der Waals surface area contributed by atoms with Crippen molar-refractivity contribution in [1.82, 2.24) is 5.32 Å². The second kappa shape index (κ2) is 4.50. The molecule has 0 aliphatic heterocycles. The molecule has 65 valence electrons. The van der Waals surface area contributed by atoms with E-state index in [1.54, 1.807) is 0 Å². The van der Waals surface area contributed by atoms with Crippen LogP contribution in [0.15, 0.2) is 0 Å². The normalized spacial score (nSPS) is 14.5. The van der Waals surface area contributed by atoms with Crippen molar-refractivity contribution in [2.75, 3.05) is 0 Å². The SMILES string of the molecule is CCC(C[C]=O)NC(C)(C)C. The highest BCUT2D eigenvalue weighted by molar-refractivity contribution is 5.51. The van der Waals surface area contributed by atoms with Gasteiger partial charge in [0.2, 0.25) is 0 Å². The molecule has 0 aromatic carbocycles. The maximum atomic E-state index is 10.1. The molecular formula is C9H18NO. The van der Waals surface area contributed by atoms with E-state index in [-0.39, 0.29) is 11.6 Å². The van der Waals surface area contributed by atoms with Gasteiger partial charge >= 0.3 is 0 Å². The minimum Gasteiger partial charge on any atom is -0.309 e. The maximum Gasteiger partial charge on any atom is 0.199 e. The van der Waals surface area contributed by atoms with E-state index in [1.807, 2.05) is 6.29 Å². The second-order valence-electron chi connectivity index (χ2n) is 3.85. The molecule has 0 rings (SSSR count). The molecule has 0 bridgehead atoms. The first-order chi connectivity index (χ1) is 4.99. The molecule has 2 nitrogen and oxygen atoms in total. The summed E-state index contributed by atoms with van der Waals surface area (Å²) in [5, 5.41) is 3.34. The Labute approximate surface area is 69.4 Å². The van der Waals surface area contributed by atoms with Gasteiger partial charge in [-0.15, -0.1) is 0 Å². The fraction of sp³-hybridized carbons (Fsp3) is 0.889. The van der Waals surface area contributed by atoms with Crippen LogP contribution in [0, 0.1) is 0 Å². The minimum atomic E-state index is 0.0948. The van der Waals surface area contributed by atoms with Crippen molar-refractivity contribution in [3.63, 3.8) is 0 Å². The van der Waals surface area contributed by atoms with Crippen LogP contribution in [0.25, 0.3) is 0 Å². The van der Waals surface area contributed by atoms with Crippen molar-refractivity contribution in [1.29, 1.82) is 0 Å². The van der Waals surface area contributed by atoms with Gasteiger partial charge in [-0.1, -0.05) is 6.92 Å². The Hall–Kier alpha value is -0.370. The number of rotatable bonds is 4. The van der Waals surface area contributed by atoms with Crippen LogP contribution in [-0.2, 0) is 4.79 Å². The Bertz CT molecular complexity index is 115. The van der Waals surface area contributed by atoms with E-state index < -0.39 is 0 Å². The molecule has 0 spiro atoms. The molecule has 11 heavy (non-hydrogen) atoms. The average molecular weight is 156 g/mol. The number of nitrogens with one attached hydrogen (secondary N) is 1. The lowest BCUT2D eigenvalue weighted by atomic mass is 10.0. The molecule has 0 heterocycles. The van der Waals surface area contributed by atoms with Gasteiger partial charge in [-0.25, -0.2) is 0 Å². The molecule has 0 aliphatic rings. The average Bonchev–Trinajstić information content (AvgIpc) is 1.84. The van der Waals surface area contributed by atoms with Gasteiger partial charge in [-0.2, -0.15) is 0 Å². The lowest BCUT2D eigenvalue weighted by Gasteiger charge is -2.26. The molecule has 0 aromatic heterocycles. The van der Waals surface area contributed by atoms with Crippen LogP contribution < -0.4 is 5.32 Å². The van der Waals surface area contributed by atoms with Gasteiger partial charge in [-0.3, -0.25) is 4.79 Å². The van der Waals surface area contributed by atoms with Gasteiger partial charge in [0.05, 0.1) is 0 Å². The first-order valence-electron chi connectivity index (χ1n) is 4.12. The highest BCUT2D eigenvalue weighted by Gasteiger charge is 2.14. The molecule has 1 radical (unpaired) electrons. The minimum absolute atomic E-state index is 0.0948. The molecule has 2 heteroatoms. The smallest absolute Gasteiger partial charge is 0.199 e. The van der Waals surface area contributed by atoms with Gasteiger partial charge < -0.3 is 5.32 Å². The molecule has 1 N–H and O–H groups in total. The zero-order chi connectivity index (χ0) is 8.91. The van der Waals surface area contributed by atoms with Gasteiger partial charge in [0, 0.05) is 18.0 Å². The Morgan fingerprint density at radius 3 is 2.27 bits per heavy atom. The lowest BCUT2D eigenvalue weighted by Crippen LogP contribution is -2.43. The molecule has 0 fully saturated rings. The second-order valence-corrected chi connectivity index (χ2v) is 3.85. The maximum absolute atomic E-state index is 10.1. The molecule has 0 saturated heterocycles. The van der Waals surface area contributed by atoms with E-state index in [0.29, 0.717) is 6.42 Å². The standard InChI is InChI=1S/C9H18NO/c1-5-8(6-7-11)10-9(2,3)4/h8,10H,5-6H2,1-4H3. The van der Waals surface area contributed by atoms with Crippen molar-refractivity contribution in [3.05, 3.63) is 0 Å². The summed E-state index contributed by atoms with van der Waals surface area (Å²) >= 11 is 0. The summed E-state index contributed by atoms with van der Waals surface area (Å²) < 4.78 is 0. The summed E-state index contributed by atoms with van der Waals surface area (Å²) in [6.07, 6.45) is 3.40. The third-order valence-electron chi connectivity index (χ3n) is 1.46. The quantitative estimate of drug-likeness (QED) is 0.670. The van der Waals surface area contributed by atoms with Crippen LogP contribution in [0.4, 0.5) is 0 Å². The van der Waals surface area contributed by atoms with Crippen LogP contribution in [-0.4, -0.2) is 17.9 Å².